The normalized spacial score (nSPS) is 9.76. The zero-order valence-electron chi connectivity index (χ0n) is 11.4. The highest BCUT2D eigenvalue weighted by Crippen LogP contribution is 2.16. The third-order valence-corrected chi connectivity index (χ3v) is 2.63. The number of primary amides is 1. The van der Waals surface area contributed by atoms with Crippen molar-refractivity contribution < 1.29 is 14.3 Å². The van der Waals surface area contributed by atoms with Gasteiger partial charge in [-0.25, -0.2) is 9.59 Å². The maximum absolute atomic E-state index is 11.7. The Bertz CT molecular complexity index is 636. The number of nitrogens with two attached hydrogens (primary N) is 1. The molecule has 0 fully saturated rings. The van der Waals surface area contributed by atoms with Gasteiger partial charge in [-0.2, -0.15) is 0 Å². The number of hydrogen-bond donors (Lipinski definition) is 3. The molecular formula is C15H15N3O3. The van der Waals surface area contributed by atoms with Crippen LogP contribution in [-0.4, -0.2) is 12.1 Å². The van der Waals surface area contributed by atoms with Crippen LogP contribution >= 0.6 is 0 Å². The lowest BCUT2D eigenvalue weighted by molar-refractivity contribution is 0.215. The predicted octanol–water partition coefficient (Wildman–Crippen LogP) is 3.10. The fourth-order valence-corrected chi connectivity index (χ4v) is 1.64. The monoisotopic (exact) mass is 285 g/mol. The van der Waals surface area contributed by atoms with E-state index < -0.39 is 12.1 Å². The van der Waals surface area contributed by atoms with Crippen molar-refractivity contribution in [1.82, 2.24) is 0 Å². The molecule has 108 valence electrons. The molecule has 0 radical (unpaired) electrons. The van der Waals surface area contributed by atoms with E-state index in [9.17, 15) is 9.59 Å². The summed E-state index contributed by atoms with van der Waals surface area (Å²) in [7, 11) is 0. The van der Waals surface area contributed by atoms with Crippen LogP contribution in [0.15, 0.2) is 48.5 Å². The molecule has 2 aromatic rings. The number of hydrogen-bond acceptors (Lipinski definition) is 3. The number of carbonyl (C=O) groups excluding carboxylic acids is 2. The molecule has 0 aromatic heterocycles. The first-order valence-corrected chi connectivity index (χ1v) is 6.25. The standard InChI is InChI=1S/C15H15N3O3/c1-10-2-4-12(5-3-10)18-15(20)21-13-8-6-11(7-9-13)17-14(16)19/h2-9H,1H3,(H,18,20)(H3,16,17,19). The number of benzene rings is 2. The van der Waals surface area contributed by atoms with Crippen molar-refractivity contribution >= 4 is 23.5 Å². The highest BCUT2D eigenvalue weighted by Gasteiger charge is 2.05. The molecule has 0 aliphatic carbocycles. The molecule has 0 saturated carbocycles. The van der Waals surface area contributed by atoms with E-state index in [1.807, 2.05) is 19.1 Å². The van der Waals surface area contributed by atoms with E-state index in [2.05, 4.69) is 10.6 Å². The minimum Gasteiger partial charge on any atom is -0.410 e. The Balaban J connectivity index is 1.93. The molecule has 0 atom stereocenters. The Labute approximate surface area is 121 Å². The second-order valence-corrected chi connectivity index (χ2v) is 4.39. The van der Waals surface area contributed by atoms with Crippen LogP contribution in [-0.2, 0) is 0 Å². The SMILES string of the molecule is Cc1ccc(NC(=O)Oc2ccc(NC(N)=O)cc2)cc1. The summed E-state index contributed by atoms with van der Waals surface area (Å²) in [4.78, 5) is 22.4. The summed E-state index contributed by atoms with van der Waals surface area (Å²) in [5.74, 6) is 0.356. The van der Waals surface area contributed by atoms with Gasteiger partial charge in [0.15, 0.2) is 0 Å². The third-order valence-electron chi connectivity index (χ3n) is 2.63. The maximum atomic E-state index is 11.7. The zero-order chi connectivity index (χ0) is 15.2. The van der Waals surface area contributed by atoms with Crippen LogP contribution in [0.5, 0.6) is 5.75 Å². The molecule has 2 rings (SSSR count). The minimum absolute atomic E-state index is 0.356. The Hall–Kier alpha value is -3.02. The molecule has 0 heterocycles. The second kappa shape index (κ2) is 6.42. The van der Waals surface area contributed by atoms with E-state index in [0.29, 0.717) is 17.1 Å². The van der Waals surface area contributed by atoms with Gasteiger partial charge in [-0.15, -0.1) is 0 Å². The van der Waals surface area contributed by atoms with E-state index in [4.69, 9.17) is 10.5 Å². The van der Waals surface area contributed by atoms with E-state index in [0.717, 1.165) is 5.56 Å². The predicted molar refractivity (Wildman–Crippen MR) is 80.5 cm³/mol. The van der Waals surface area contributed by atoms with Crippen LogP contribution in [0.25, 0.3) is 0 Å². The molecule has 3 amide bonds. The number of carbonyl (C=O) groups is 2. The smallest absolute Gasteiger partial charge is 0.410 e. The van der Waals surface area contributed by atoms with Crippen LogP contribution in [0.1, 0.15) is 5.56 Å². The summed E-state index contributed by atoms with van der Waals surface area (Å²) >= 11 is 0. The molecule has 6 heteroatoms. The number of anilines is 2. The van der Waals surface area contributed by atoms with Crippen LogP contribution in [0.4, 0.5) is 21.0 Å². The average Bonchev–Trinajstić information content (AvgIpc) is 2.43. The average molecular weight is 285 g/mol. The molecule has 0 saturated heterocycles. The van der Waals surface area contributed by atoms with Crippen molar-refractivity contribution in [3.8, 4) is 5.75 Å². The topological polar surface area (TPSA) is 93.4 Å². The van der Waals surface area contributed by atoms with Gasteiger partial charge >= 0.3 is 12.1 Å². The van der Waals surface area contributed by atoms with E-state index in [1.54, 1.807) is 36.4 Å². The summed E-state index contributed by atoms with van der Waals surface area (Å²) in [5, 5.41) is 5.03. The first-order chi connectivity index (χ1) is 10.0. The molecule has 2 aromatic carbocycles. The molecule has 0 aliphatic rings. The Morgan fingerprint density at radius 3 is 2.00 bits per heavy atom. The molecular weight excluding hydrogens is 270 g/mol. The summed E-state index contributed by atoms with van der Waals surface area (Å²) in [5.41, 5.74) is 7.27. The van der Waals surface area contributed by atoms with Crippen molar-refractivity contribution in [2.24, 2.45) is 5.73 Å². The summed E-state index contributed by atoms with van der Waals surface area (Å²) in [6, 6.07) is 13.0. The number of aryl methyl sites for hydroxylation is 1. The molecule has 21 heavy (non-hydrogen) atoms. The van der Waals surface area contributed by atoms with Gasteiger partial charge in [-0.1, -0.05) is 17.7 Å². The Kier molecular flexibility index (Phi) is 4.40. The van der Waals surface area contributed by atoms with E-state index in [-0.39, 0.29) is 0 Å². The summed E-state index contributed by atoms with van der Waals surface area (Å²) in [6.45, 7) is 1.96. The number of urea groups is 1. The van der Waals surface area contributed by atoms with E-state index in [1.165, 1.54) is 0 Å². The Morgan fingerprint density at radius 2 is 1.43 bits per heavy atom. The second-order valence-electron chi connectivity index (χ2n) is 4.39. The fraction of sp³-hybridized carbons (Fsp3) is 0.0667. The molecule has 4 N–H and O–H groups in total. The summed E-state index contributed by atoms with van der Waals surface area (Å²) < 4.78 is 5.11. The lowest BCUT2D eigenvalue weighted by atomic mass is 10.2. The molecule has 0 aliphatic heterocycles. The van der Waals surface area contributed by atoms with Crippen LogP contribution in [0, 0.1) is 6.92 Å². The molecule has 0 bridgehead atoms. The largest absolute Gasteiger partial charge is 0.417 e. The van der Waals surface area contributed by atoms with E-state index >= 15 is 0 Å². The molecule has 0 unspecified atom stereocenters. The van der Waals surface area contributed by atoms with Crippen molar-refractivity contribution in [2.45, 2.75) is 6.92 Å². The maximum Gasteiger partial charge on any atom is 0.417 e. The third kappa shape index (κ3) is 4.54. The quantitative estimate of drug-likeness (QED) is 0.808. The highest BCUT2D eigenvalue weighted by atomic mass is 16.6. The van der Waals surface area contributed by atoms with Crippen molar-refractivity contribution in [1.29, 1.82) is 0 Å². The number of nitrogens with one attached hydrogen (secondary N) is 2. The number of ether oxygens (including phenoxy) is 1. The van der Waals surface area contributed by atoms with Gasteiger partial charge in [-0.3, -0.25) is 5.32 Å². The lowest BCUT2D eigenvalue weighted by Gasteiger charge is -2.07. The van der Waals surface area contributed by atoms with Gasteiger partial charge in [0.1, 0.15) is 5.75 Å². The van der Waals surface area contributed by atoms with Crippen molar-refractivity contribution in [2.75, 3.05) is 10.6 Å². The summed E-state index contributed by atoms with van der Waals surface area (Å²) in [6.07, 6.45) is -0.588. The Morgan fingerprint density at radius 1 is 0.905 bits per heavy atom. The first-order valence-electron chi connectivity index (χ1n) is 6.25. The molecule has 6 nitrogen and oxygen atoms in total. The highest BCUT2D eigenvalue weighted by molar-refractivity contribution is 5.88. The number of rotatable bonds is 3. The van der Waals surface area contributed by atoms with Crippen LogP contribution in [0.2, 0.25) is 0 Å². The zero-order valence-corrected chi connectivity index (χ0v) is 11.4. The number of amides is 3. The van der Waals surface area contributed by atoms with Crippen molar-refractivity contribution in [3.63, 3.8) is 0 Å². The van der Waals surface area contributed by atoms with Gasteiger partial charge in [0.2, 0.25) is 0 Å². The van der Waals surface area contributed by atoms with Gasteiger partial charge in [-0.05, 0) is 43.3 Å². The molecule has 0 spiro atoms. The van der Waals surface area contributed by atoms with Crippen LogP contribution < -0.4 is 21.1 Å². The first kappa shape index (κ1) is 14.4. The minimum atomic E-state index is -0.652. The van der Waals surface area contributed by atoms with Crippen LogP contribution in [0.3, 0.4) is 0 Å². The van der Waals surface area contributed by atoms with Crippen molar-refractivity contribution in [3.05, 3.63) is 54.1 Å². The fourth-order valence-electron chi connectivity index (χ4n) is 1.64. The van der Waals surface area contributed by atoms with Gasteiger partial charge < -0.3 is 15.8 Å². The van der Waals surface area contributed by atoms with Gasteiger partial charge in [0, 0.05) is 11.4 Å². The van der Waals surface area contributed by atoms with Gasteiger partial charge in [0.05, 0.1) is 0 Å². The lowest BCUT2D eigenvalue weighted by Crippen LogP contribution is -2.19. The van der Waals surface area contributed by atoms with Gasteiger partial charge in [0.25, 0.3) is 0 Å².